The number of methoxy groups -OCH3 is 1. The monoisotopic (exact) mass is 414 g/mol. The molecule has 29 heavy (non-hydrogen) atoms. The first kappa shape index (κ1) is 21.4. The van der Waals surface area contributed by atoms with E-state index in [2.05, 4.69) is 27.8 Å². The zero-order valence-corrected chi connectivity index (χ0v) is 17.5. The second-order valence-corrected chi connectivity index (χ2v) is 7.11. The third-order valence-corrected chi connectivity index (χ3v) is 5.39. The van der Waals surface area contributed by atoms with Gasteiger partial charge >= 0.3 is 0 Å². The number of nitrogens with zero attached hydrogens (tertiary/aromatic N) is 2. The van der Waals surface area contributed by atoms with Crippen LogP contribution in [-0.2, 0) is 11.3 Å². The Morgan fingerprint density at radius 1 is 1.03 bits per heavy atom. The van der Waals surface area contributed by atoms with Gasteiger partial charge in [0, 0.05) is 54.4 Å². The second-order valence-electron chi connectivity index (χ2n) is 7.11. The average molecular weight is 415 g/mol. The molecule has 5 nitrogen and oxygen atoms in total. The Kier molecular flexibility index (Phi) is 7.31. The van der Waals surface area contributed by atoms with Gasteiger partial charge in [0.1, 0.15) is 5.75 Å². The van der Waals surface area contributed by atoms with Crippen LogP contribution < -0.4 is 4.74 Å². The van der Waals surface area contributed by atoms with E-state index in [9.17, 15) is 4.79 Å². The molecule has 1 fully saturated rings. The highest BCUT2D eigenvalue weighted by Gasteiger charge is 2.15. The fourth-order valence-corrected chi connectivity index (χ4v) is 3.80. The number of morpholine rings is 1. The maximum Gasteiger partial charge on any atom is 0.193 e. The SMILES string of the molecule is COc1ccc(C(=O)c2cccc3c2ccn3CCCN2CCOCC2)cc1.Cl. The molecule has 0 spiro atoms. The Hall–Kier alpha value is -2.34. The minimum Gasteiger partial charge on any atom is -0.497 e. The lowest BCUT2D eigenvalue weighted by molar-refractivity contribution is 0.0369. The number of fused-ring (bicyclic) bond motifs is 1. The summed E-state index contributed by atoms with van der Waals surface area (Å²) in [6.07, 6.45) is 3.18. The number of halogens is 1. The molecule has 4 rings (SSSR count). The van der Waals surface area contributed by atoms with Crippen LogP contribution in [0.5, 0.6) is 5.75 Å². The third kappa shape index (κ3) is 4.81. The predicted molar refractivity (Wildman–Crippen MR) is 117 cm³/mol. The molecule has 0 N–H and O–H groups in total. The molecule has 1 aromatic heterocycles. The van der Waals surface area contributed by atoms with Gasteiger partial charge in [0.25, 0.3) is 0 Å². The summed E-state index contributed by atoms with van der Waals surface area (Å²) in [5.74, 6) is 0.792. The number of aromatic nitrogens is 1. The van der Waals surface area contributed by atoms with Crippen molar-refractivity contribution in [1.82, 2.24) is 9.47 Å². The molecule has 0 aliphatic carbocycles. The van der Waals surface area contributed by atoms with Crippen molar-refractivity contribution >= 4 is 29.1 Å². The normalized spacial score (nSPS) is 14.5. The van der Waals surface area contributed by atoms with Gasteiger partial charge in [0.2, 0.25) is 0 Å². The molecule has 1 aliphatic rings. The van der Waals surface area contributed by atoms with Crippen LogP contribution in [0.1, 0.15) is 22.3 Å². The van der Waals surface area contributed by atoms with Gasteiger partial charge in [0.15, 0.2) is 5.78 Å². The van der Waals surface area contributed by atoms with Crippen LogP contribution in [-0.4, -0.2) is 55.2 Å². The standard InChI is InChI=1S/C23H26N2O3.ClH/c1-27-19-8-6-18(7-9-19)23(26)21-4-2-5-22-20(21)10-13-25(22)12-3-11-24-14-16-28-17-15-24;/h2,4-10,13H,3,11-12,14-17H2,1H3;1H. The number of hydrogen-bond acceptors (Lipinski definition) is 4. The van der Waals surface area contributed by atoms with Crippen molar-refractivity contribution in [2.75, 3.05) is 40.0 Å². The van der Waals surface area contributed by atoms with E-state index < -0.39 is 0 Å². The number of benzene rings is 2. The largest absolute Gasteiger partial charge is 0.497 e. The van der Waals surface area contributed by atoms with Crippen LogP contribution in [0.25, 0.3) is 10.9 Å². The number of ketones is 1. The summed E-state index contributed by atoms with van der Waals surface area (Å²) in [6.45, 7) is 5.74. The summed E-state index contributed by atoms with van der Waals surface area (Å²) in [5.41, 5.74) is 2.53. The van der Waals surface area contributed by atoms with Gasteiger partial charge in [-0.25, -0.2) is 0 Å². The first-order chi connectivity index (χ1) is 13.8. The molecule has 0 unspecified atom stereocenters. The van der Waals surface area contributed by atoms with Crippen molar-refractivity contribution in [2.24, 2.45) is 0 Å². The van der Waals surface area contributed by atoms with Crippen molar-refractivity contribution in [1.29, 1.82) is 0 Å². The molecule has 0 saturated carbocycles. The molecule has 3 aromatic rings. The summed E-state index contributed by atoms with van der Waals surface area (Å²) in [6, 6.07) is 15.3. The zero-order chi connectivity index (χ0) is 19.3. The number of hydrogen-bond donors (Lipinski definition) is 0. The highest BCUT2D eigenvalue weighted by Crippen LogP contribution is 2.24. The average Bonchev–Trinajstić information content (AvgIpc) is 3.17. The van der Waals surface area contributed by atoms with Crippen LogP contribution in [0.4, 0.5) is 0 Å². The number of ether oxygens (including phenoxy) is 2. The van der Waals surface area contributed by atoms with E-state index in [0.717, 1.165) is 68.0 Å². The molecular weight excluding hydrogens is 388 g/mol. The smallest absolute Gasteiger partial charge is 0.193 e. The number of aryl methyl sites for hydroxylation is 1. The lowest BCUT2D eigenvalue weighted by atomic mass is 10.00. The molecule has 6 heteroatoms. The second kappa shape index (κ2) is 9.92. The van der Waals surface area contributed by atoms with Gasteiger partial charge < -0.3 is 14.0 Å². The van der Waals surface area contributed by atoms with Gasteiger partial charge in [-0.2, -0.15) is 0 Å². The lowest BCUT2D eigenvalue weighted by Gasteiger charge is -2.26. The zero-order valence-electron chi connectivity index (χ0n) is 16.7. The van der Waals surface area contributed by atoms with Crippen molar-refractivity contribution in [3.63, 3.8) is 0 Å². The lowest BCUT2D eigenvalue weighted by Crippen LogP contribution is -2.37. The van der Waals surface area contributed by atoms with Crippen molar-refractivity contribution < 1.29 is 14.3 Å². The molecule has 0 radical (unpaired) electrons. The van der Waals surface area contributed by atoms with Crippen LogP contribution in [0.2, 0.25) is 0 Å². The van der Waals surface area contributed by atoms with Gasteiger partial charge in [0.05, 0.1) is 20.3 Å². The molecule has 0 bridgehead atoms. The topological polar surface area (TPSA) is 43.7 Å². The number of carbonyl (C=O) groups excluding carboxylic acids is 1. The van der Waals surface area contributed by atoms with E-state index >= 15 is 0 Å². The Morgan fingerprint density at radius 3 is 2.52 bits per heavy atom. The van der Waals surface area contributed by atoms with Gasteiger partial charge in [-0.05, 0) is 42.8 Å². The van der Waals surface area contributed by atoms with E-state index in [4.69, 9.17) is 9.47 Å². The Labute approximate surface area is 177 Å². The molecular formula is C23H27ClN2O3. The summed E-state index contributed by atoms with van der Waals surface area (Å²) >= 11 is 0. The molecule has 2 heterocycles. The summed E-state index contributed by atoms with van der Waals surface area (Å²) in [5, 5.41) is 1.01. The van der Waals surface area contributed by atoms with Crippen molar-refractivity contribution in [3.05, 3.63) is 65.9 Å². The van der Waals surface area contributed by atoms with Gasteiger partial charge in [-0.1, -0.05) is 12.1 Å². The molecule has 1 aliphatic heterocycles. The van der Waals surface area contributed by atoms with E-state index in [1.54, 1.807) is 7.11 Å². The third-order valence-electron chi connectivity index (χ3n) is 5.39. The Morgan fingerprint density at radius 2 is 1.79 bits per heavy atom. The fraction of sp³-hybridized carbons (Fsp3) is 0.348. The van der Waals surface area contributed by atoms with Crippen LogP contribution in [0.15, 0.2) is 54.7 Å². The first-order valence-corrected chi connectivity index (χ1v) is 9.83. The molecule has 0 atom stereocenters. The summed E-state index contributed by atoms with van der Waals surface area (Å²) in [4.78, 5) is 15.5. The first-order valence-electron chi connectivity index (χ1n) is 9.83. The molecule has 154 valence electrons. The highest BCUT2D eigenvalue weighted by atomic mass is 35.5. The molecule has 2 aromatic carbocycles. The minimum atomic E-state index is 0. The van der Waals surface area contributed by atoms with E-state index in [0.29, 0.717) is 5.56 Å². The van der Waals surface area contributed by atoms with E-state index in [1.807, 2.05) is 36.4 Å². The number of carbonyl (C=O) groups is 1. The highest BCUT2D eigenvalue weighted by molar-refractivity contribution is 6.16. The van der Waals surface area contributed by atoms with Crippen LogP contribution >= 0.6 is 12.4 Å². The Balaban J connectivity index is 0.00000240. The van der Waals surface area contributed by atoms with Crippen molar-refractivity contribution in [3.8, 4) is 5.75 Å². The summed E-state index contributed by atoms with van der Waals surface area (Å²) < 4.78 is 12.8. The van der Waals surface area contributed by atoms with E-state index in [1.165, 1.54) is 0 Å². The molecule has 0 amide bonds. The van der Waals surface area contributed by atoms with Gasteiger partial charge in [-0.3, -0.25) is 9.69 Å². The fourth-order valence-electron chi connectivity index (χ4n) is 3.80. The van der Waals surface area contributed by atoms with Gasteiger partial charge in [-0.15, -0.1) is 12.4 Å². The van der Waals surface area contributed by atoms with E-state index in [-0.39, 0.29) is 18.2 Å². The summed E-state index contributed by atoms with van der Waals surface area (Å²) in [7, 11) is 1.62. The van der Waals surface area contributed by atoms with Crippen LogP contribution in [0.3, 0.4) is 0 Å². The van der Waals surface area contributed by atoms with Crippen molar-refractivity contribution in [2.45, 2.75) is 13.0 Å². The number of rotatable bonds is 7. The maximum absolute atomic E-state index is 13.0. The maximum atomic E-state index is 13.0. The predicted octanol–water partition coefficient (Wildman–Crippen LogP) is 4.03. The van der Waals surface area contributed by atoms with Crippen LogP contribution in [0, 0.1) is 0 Å². The minimum absolute atomic E-state index is 0. The molecule has 1 saturated heterocycles. The quantitative estimate of drug-likeness (QED) is 0.547. The Bertz CT molecular complexity index is 946.